The molecule has 0 heterocycles. The predicted octanol–water partition coefficient (Wildman–Crippen LogP) is 4.16. The van der Waals surface area contributed by atoms with Crippen LogP contribution in [0.3, 0.4) is 0 Å². The summed E-state index contributed by atoms with van der Waals surface area (Å²) in [5, 5.41) is 3.00. The summed E-state index contributed by atoms with van der Waals surface area (Å²) in [6.07, 6.45) is 8.11. The van der Waals surface area contributed by atoms with Gasteiger partial charge in [-0.25, -0.2) is 0 Å². The molecule has 1 aliphatic carbocycles. The second kappa shape index (κ2) is 6.58. The maximum Gasteiger partial charge on any atom is 0.224 e. The first-order chi connectivity index (χ1) is 8.78. The zero-order valence-electron chi connectivity index (χ0n) is 11.2. The van der Waals surface area contributed by atoms with Gasteiger partial charge in [0.15, 0.2) is 0 Å². The van der Waals surface area contributed by atoms with E-state index in [9.17, 15) is 4.79 Å². The number of anilines is 1. The zero-order chi connectivity index (χ0) is 12.8. The van der Waals surface area contributed by atoms with Crippen molar-refractivity contribution in [3.05, 3.63) is 29.8 Å². The van der Waals surface area contributed by atoms with E-state index in [0.717, 1.165) is 12.1 Å². The second-order valence-corrected chi connectivity index (χ2v) is 5.31. The van der Waals surface area contributed by atoms with Crippen molar-refractivity contribution in [3.63, 3.8) is 0 Å². The molecule has 0 aliphatic heterocycles. The Morgan fingerprint density at radius 3 is 2.44 bits per heavy atom. The van der Waals surface area contributed by atoms with Crippen molar-refractivity contribution in [1.82, 2.24) is 0 Å². The number of hydrogen-bond donors (Lipinski definition) is 1. The predicted molar refractivity (Wildman–Crippen MR) is 75.6 cm³/mol. The number of carbonyl (C=O) groups is 1. The van der Waals surface area contributed by atoms with Crippen LogP contribution >= 0.6 is 0 Å². The molecule has 1 N–H and O–H groups in total. The molecular formula is C16H23NO. The Morgan fingerprint density at radius 1 is 1.17 bits per heavy atom. The van der Waals surface area contributed by atoms with Crippen molar-refractivity contribution >= 4 is 11.6 Å². The molecule has 2 rings (SSSR count). The first-order valence-corrected chi connectivity index (χ1v) is 7.16. The average Bonchev–Trinajstić information content (AvgIpc) is 2.40. The van der Waals surface area contributed by atoms with Crippen molar-refractivity contribution in [1.29, 1.82) is 0 Å². The van der Waals surface area contributed by atoms with E-state index in [1.54, 1.807) is 0 Å². The van der Waals surface area contributed by atoms with E-state index in [2.05, 4.69) is 24.4 Å². The van der Waals surface area contributed by atoms with E-state index in [-0.39, 0.29) is 5.91 Å². The highest BCUT2D eigenvalue weighted by molar-refractivity contribution is 5.90. The van der Waals surface area contributed by atoms with Crippen molar-refractivity contribution in [2.75, 3.05) is 5.32 Å². The van der Waals surface area contributed by atoms with E-state index in [0.29, 0.717) is 12.3 Å². The minimum atomic E-state index is 0.172. The number of aryl methyl sites for hydroxylation is 1. The molecule has 2 heteroatoms. The molecule has 18 heavy (non-hydrogen) atoms. The Bertz CT molecular complexity index is 377. The smallest absolute Gasteiger partial charge is 0.224 e. The van der Waals surface area contributed by atoms with Gasteiger partial charge in [0.2, 0.25) is 5.91 Å². The molecule has 1 aromatic rings. The summed E-state index contributed by atoms with van der Waals surface area (Å²) in [6.45, 7) is 2.14. The maximum atomic E-state index is 11.9. The lowest BCUT2D eigenvalue weighted by Crippen LogP contribution is -2.18. The molecule has 0 unspecified atom stereocenters. The summed E-state index contributed by atoms with van der Waals surface area (Å²) < 4.78 is 0. The Morgan fingerprint density at radius 2 is 1.83 bits per heavy atom. The fraction of sp³-hybridized carbons (Fsp3) is 0.562. The molecule has 0 spiro atoms. The first-order valence-electron chi connectivity index (χ1n) is 7.16. The highest BCUT2D eigenvalue weighted by atomic mass is 16.1. The first kappa shape index (κ1) is 13.1. The third-order valence-electron chi connectivity index (χ3n) is 3.84. The van der Waals surface area contributed by atoms with Crippen LogP contribution in [-0.4, -0.2) is 5.91 Å². The highest BCUT2D eigenvalue weighted by Gasteiger charge is 2.16. The largest absolute Gasteiger partial charge is 0.326 e. The Kier molecular flexibility index (Phi) is 4.80. The monoisotopic (exact) mass is 245 g/mol. The Hall–Kier alpha value is -1.31. The molecule has 2 nitrogen and oxygen atoms in total. The number of nitrogens with one attached hydrogen (secondary N) is 1. The molecule has 98 valence electrons. The van der Waals surface area contributed by atoms with Gasteiger partial charge in [0, 0.05) is 12.1 Å². The van der Waals surface area contributed by atoms with E-state index < -0.39 is 0 Å². The molecule has 1 amide bonds. The van der Waals surface area contributed by atoms with Gasteiger partial charge < -0.3 is 5.32 Å². The molecule has 1 saturated carbocycles. The van der Waals surface area contributed by atoms with Gasteiger partial charge in [-0.3, -0.25) is 4.79 Å². The zero-order valence-corrected chi connectivity index (χ0v) is 11.2. The normalized spacial score (nSPS) is 16.5. The van der Waals surface area contributed by atoms with Gasteiger partial charge in [0.25, 0.3) is 0 Å². The van der Waals surface area contributed by atoms with Crippen LogP contribution < -0.4 is 5.32 Å². The molecule has 0 radical (unpaired) electrons. The molecule has 1 aliphatic rings. The van der Waals surface area contributed by atoms with Crippen LogP contribution in [0.2, 0.25) is 0 Å². The summed E-state index contributed by atoms with van der Waals surface area (Å²) in [7, 11) is 0. The van der Waals surface area contributed by atoms with Crippen molar-refractivity contribution in [2.24, 2.45) is 5.92 Å². The quantitative estimate of drug-likeness (QED) is 0.848. The van der Waals surface area contributed by atoms with Crippen molar-refractivity contribution in [2.45, 2.75) is 51.9 Å². The Balaban J connectivity index is 1.82. The van der Waals surface area contributed by atoms with Crippen LogP contribution in [0.4, 0.5) is 5.69 Å². The van der Waals surface area contributed by atoms with E-state index >= 15 is 0 Å². The number of amides is 1. The van der Waals surface area contributed by atoms with Crippen LogP contribution in [0.1, 0.15) is 51.0 Å². The third-order valence-corrected chi connectivity index (χ3v) is 3.84. The van der Waals surface area contributed by atoms with Crippen LogP contribution in [0, 0.1) is 5.92 Å². The lowest BCUT2D eigenvalue weighted by molar-refractivity contribution is -0.117. The van der Waals surface area contributed by atoms with Crippen LogP contribution in [0.15, 0.2) is 24.3 Å². The molecule has 0 atom stereocenters. The molecule has 1 fully saturated rings. The van der Waals surface area contributed by atoms with Gasteiger partial charge in [-0.2, -0.15) is 0 Å². The fourth-order valence-electron chi connectivity index (χ4n) is 2.69. The van der Waals surface area contributed by atoms with Gasteiger partial charge in [-0.15, -0.1) is 0 Å². The summed E-state index contributed by atoms with van der Waals surface area (Å²) in [5.74, 6) is 0.778. The fourth-order valence-corrected chi connectivity index (χ4v) is 2.69. The lowest BCUT2D eigenvalue weighted by Gasteiger charge is -2.20. The highest BCUT2D eigenvalue weighted by Crippen LogP contribution is 2.26. The van der Waals surface area contributed by atoms with E-state index in [4.69, 9.17) is 0 Å². The molecule has 0 bridgehead atoms. The van der Waals surface area contributed by atoms with E-state index in [1.807, 2.05) is 12.1 Å². The summed E-state index contributed by atoms with van der Waals surface area (Å²) >= 11 is 0. The summed E-state index contributed by atoms with van der Waals surface area (Å²) in [6, 6.07) is 8.15. The number of rotatable bonds is 4. The Labute approximate surface area is 110 Å². The van der Waals surface area contributed by atoms with Crippen LogP contribution in [-0.2, 0) is 11.2 Å². The van der Waals surface area contributed by atoms with Gasteiger partial charge >= 0.3 is 0 Å². The number of carbonyl (C=O) groups excluding carboxylic acids is 1. The minimum absolute atomic E-state index is 0.172. The maximum absolute atomic E-state index is 11.9. The summed E-state index contributed by atoms with van der Waals surface area (Å²) in [5.41, 5.74) is 2.23. The van der Waals surface area contributed by atoms with Gasteiger partial charge in [-0.05, 0) is 42.9 Å². The van der Waals surface area contributed by atoms with E-state index in [1.165, 1.54) is 37.7 Å². The molecule has 1 aromatic carbocycles. The minimum Gasteiger partial charge on any atom is -0.326 e. The van der Waals surface area contributed by atoms with Crippen LogP contribution in [0.25, 0.3) is 0 Å². The van der Waals surface area contributed by atoms with Crippen molar-refractivity contribution < 1.29 is 4.79 Å². The van der Waals surface area contributed by atoms with Crippen LogP contribution in [0.5, 0.6) is 0 Å². The summed E-state index contributed by atoms with van der Waals surface area (Å²) in [4.78, 5) is 11.9. The van der Waals surface area contributed by atoms with Gasteiger partial charge in [0.1, 0.15) is 0 Å². The third kappa shape index (κ3) is 3.86. The SMILES string of the molecule is CCc1ccc(NC(=O)CC2CCCCC2)cc1. The molecule has 0 aromatic heterocycles. The van der Waals surface area contributed by atoms with Gasteiger partial charge in [0.05, 0.1) is 0 Å². The molecular weight excluding hydrogens is 222 g/mol. The number of hydrogen-bond acceptors (Lipinski definition) is 1. The standard InChI is InChI=1S/C16H23NO/c1-2-13-8-10-15(11-9-13)17-16(18)12-14-6-4-3-5-7-14/h8-11,14H,2-7,12H2,1H3,(H,17,18). The number of benzene rings is 1. The van der Waals surface area contributed by atoms with Gasteiger partial charge in [-0.1, -0.05) is 38.3 Å². The molecule has 0 saturated heterocycles. The average molecular weight is 245 g/mol. The second-order valence-electron chi connectivity index (χ2n) is 5.31. The lowest BCUT2D eigenvalue weighted by atomic mass is 9.87. The topological polar surface area (TPSA) is 29.1 Å². The van der Waals surface area contributed by atoms with Crippen molar-refractivity contribution in [3.8, 4) is 0 Å².